The Morgan fingerprint density at radius 2 is 2.18 bits per heavy atom. The van der Waals surface area contributed by atoms with Crippen LogP contribution in [0.25, 0.3) is 10.8 Å². The first-order valence-corrected chi connectivity index (χ1v) is 9.04. The summed E-state index contributed by atoms with van der Waals surface area (Å²) in [6, 6.07) is 6.94. The minimum Gasteiger partial charge on any atom is -0.329 e. The Morgan fingerprint density at radius 1 is 1.36 bits per heavy atom. The molecule has 0 spiro atoms. The largest absolute Gasteiger partial charge is 0.329 e. The van der Waals surface area contributed by atoms with Gasteiger partial charge in [0.2, 0.25) is 10.0 Å². The van der Waals surface area contributed by atoms with Gasteiger partial charge < -0.3 is 5.73 Å². The van der Waals surface area contributed by atoms with Gasteiger partial charge in [0.05, 0.1) is 4.90 Å². The number of hydrogen-bond donors (Lipinski definition) is 1. The second kappa shape index (κ2) is 5.95. The highest BCUT2D eigenvalue weighted by atomic mass is 32.2. The molecule has 2 atom stereocenters. The molecular weight excluding hydrogens is 298 g/mol. The van der Waals surface area contributed by atoms with Gasteiger partial charge in [-0.15, -0.1) is 0 Å². The molecule has 0 unspecified atom stereocenters. The standard InChI is InChI=1S/C16H21N3O2S/c1-12-4-3-9-19(15(12)10-17)22(20,21)16-6-2-5-13-11-18-8-7-14(13)16/h2,5-8,11-12,15H,3-4,9-10,17H2,1H3/t12-,15+/m0/s1. The lowest BCUT2D eigenvalue weighted by Gasteiger charge is -2.38. The SMILES string of the molecule is C[C@H]1CCCN(S(=O)(=O)c2cccc3cnccc23)[C@@H]1CN. The van der Waals surface area contributed by atoms with E-state index in [1.54, 1.807) is 34.9 Å². The average Bonchev–Trinajstić information content (AvgIpc) is 2.54. The third kappa shape index (κ3) is 2.51. The molecule has 1 aromatic heterocycles. The molecule has 1 aromatic carbocycles. The molecule has 0 amide bonds. The van der Waals surface area contributed by atoms with Crippen molar-refractivity contribution in [3.8, 4) is 0 Å². The summed E-state index contributed by atoms with van der Waals surface area (Å²) in [5.41, 5.74) is 5.86. The van der Waals surface area contributed by atoms with Crippen molar-refractivity contribution in [2.75, 3.05) is 13.1 Å². The van der Waals surface area contributed by atoms with E-state index in [0.29, 0.717) is 23.4 Å². The topological polar surface area (TPSA) is 76.3 Å². The number of pyridine rings is 1. The zero-order valence-corrected chi connectivity index (χ0v) is 13.5. The van der Waals surface area contributed by atoms with Gasteiger partial charge in [0.25, 0.3) is 0 Å². The molecule has 6 heteroatoms. The summed E-state index contributed by atoms with van der Waals surface area (Å²) in [4.78, 5) is 4.41. The van der Waals surface area contributed by atoms with E-state index in [1.807, 2.05) is 6.07 Å². The number of hydrogen-bond acceptors (Lipinski definition) is 4. The fourth-order valence-electron chi connectivity index (χ4n) is 3.30. The van der Waals surface area contributed by atoms with Crippen LogP contribution in [0.3, 0.4) is 0 Å². The number of benzene rings is 1. The van der Waals surface area contributed by atoms with Gasteiger partial charge in [-0.2, -0.15) is 4.31 Å². The number of fused-ring (bicyclic) bond motifs is 1. The predicted octanol–water partition coefficient (Wildman–Crippen LogP) is 1.98. The molecular formula is C16H21N3O2S. The first-order chi connectivity index (χ1) is 10.6. The van der Waals surface area contributed by atoms with Crippen molar-refractivity contribution in [3.63, 3.8) is 0 Å². The highest BCUT2D eigenvalue weighted by Crippen LogP contribution is 2.31. The van der Waals surface area contributed by atoms with Crippen molar-refractivity contribution < 1.29 is 8.42 Å². The van der Waals surface area contributed by atoms with E-state index in [0.717, 1.165) is 18.2 Å². The minimum atomic E-state index is -3.56. The molecule has 118 valence electrons. The first kappa shape index (κ1) is 15.4. The maximum absolute atomic E-state index is 13.2. The molecule has 5 nitrogen and oxygen atoms in total. The van der Waals surface area contributed by atoms with Gasteiger partial charge in [-0.05, 0) is 30.9 Å². The maximum Gasteiger partial charge on any atom is 0.243 e. The fraction of sp³-hybridized carbons (Fsp3) is 0.438. The van der Waals surface area contributed by atoms with E-state index in [-0.39, 0.29) is 12.0 Å². The van der Waals surface area contributed by atoms with Crippen LogP contribution >= 0.6 is 0 Å². The van der Waals surface area contributed by atoms with Crippen LogP contribution in [-0.4, -0.2) is 36.8 Å². The van der Waals surface area contributed by atoms with Crippen LogP contribution in [0, 0.1) is 5.92 Å². The van der Waals surface area contributed by atoms with Gasteiger partial charge in [0.1, 0.15) is 0 Å². The number of rotatable bonds is 3. The molecule has 1 saturated heterocycles. The summed E-state index contributed by atoms with van der Waals surface area (Å²) in [5.74, 6) is 0.283. The minimum absolute atomic E-state index is 0.129. The predicted molar refractivity (Wildman–Crippen MR) is 86.9 cm³/mol. The Bertz CT molecular complexity index is 771. The number of sulfonamides is 1. The second-order valence-corrected chi connectivity index (χ2v) is 7.75. The molecule has 2 N–H and O–H groups in total. The van der Waals surface area contributed by atoms with Gasteiger partial charge in [-0.3, -0.25) is 4.98 Å². The van der Waals surface area contributed by atoms with Crippen LogP contribution in [0.4, 0.5) is 0 Å². The summed E-state index contributed by atoms with van der Waals surface area (Å²) >= 11 is 0. The average molecular weight is 319 g/mol. The highest BCUT2D eigenvalue weighted by Gasteiger charge is 2.36. The lowest BCUT2D eigenvalue weighted by atomic mass is 9.93. The molecule has 1 aliphatic rings. The monoisotopic (exact) mass is 319 g/mol. The molecule has 1 aliphatic heterocycles. The Morgan fingerprint density at radius 3 is 2.95 bits per heavy atom. The smallest absolute Gasteiger partial charge is 0.243 e. The van der Waals surface area contributed by atoms with E-state index in [2.05, 4.69) is 11.9 Å². The van der Waals surface area contributed by atoms with Gasteiger partial charge in [-0.25, -0.2) is 8.42 Å². The van der Waals surface area contributed by atoms with Crippen LogP contribution in [0.1, 0.15) is 19.8 Å². The number of nitrogens with zero attached hydrogens (tertiary/aromatic N) is 2. The molecule has 0 bridgehead atoms. The van der Waals surface area contributed by atoms with E-state index in [9.17, 15) is 8.42 Å². The maximum atomic E-state index is 13.2. The highest BCUT2D eigenvalue weighted by molar-refractivity contribution is 7.89. The van der Waals surface area contributed by atoms with E-state index in [4.69, 9.17) is 5.73 Å². The van der Waals surface area contributed by atoms with Crippen LogP contribution in [-0.2, 0) is 10.0 Å². The van der Waals surface area contributed by atoms with Crippen molar-refractivity contribution in [2.24, 2.45) is 11.7 Å². The zero-order valence-electron chi connectivity index (χ0n) is 12.6. The van der Waals surface area contributed by atoms with Gasteiger partial charge in [0, 0.05) is 42.3 Å². The summed E-state index contributed by atoms with van der Waals surface area (Å²) in [6.45, 7) is 2.97. The van der Waals surface area contributed by atoms with Gasteiger partial charge in [0.15, 0.2) is 0 Å². The molecule has 0 saturated carbocycles. The number of nitrogens with two attached hydrogens (primary N) is 1. The Hall–Kier alpha value is -1.50. The van der Waals surface area contributed by atoms with Crippen molar-refractivity contribution in [3.05, 3.63) is 36.7 Å². The Labute approximate surface area is 131 Å². The van der Waals surface area contributed by atoms with Crippen LogP contribution in [0.15, 0.2) is 41.6 Å². The second-order valence-electron chi connectivity index (χ2n) is 5.89. The third-order valence-electron chi connectivity index (χ3n) is 4.53. The van der Waals surface area contributed by atoms with Crippen molar-refractivity contribution in [1.82, 2.24) is 9.29 Å². The van der Waals surface area contributed by atoms with Crippen molar-refractivity contribution in [2.45, 2.75) is 30.7 Å². The quantitative estimate of drug-likeness (QED) is 0.938. The lowest BCUT2D eigenvalue weighted by Crippen LogP contribution is -2.51. The van der Waals surface area contributed by atoms with E-state index in [1.165, 1.54) is 0 Å². The molecule has 2 heterocycles. The van der Waals surface area contributed by atoms with Crippen molar-refractivity contribution >= 4 is 20.8 Å². The number of piperidine rings is 1. The van der Waals surface area contributed by atoms with E-state index >= 15 is 0 Å². The fourth-order valence-corrected chi connectivity index (χ4v) is 5.29. The third-order valence-corrected chi connectivity index (χ3v) is 6.52. The van der Waals surface area contributed by atoms with Crippen LogP contribution in [0.5, 0.6) is 0 Å². The van der Waals surface area contributed by atoms with Gasteiger partial charge >= 0.3 is 0 Å². The van der Waals surface area contributed by atoms with Gasteiger partial charge in [-0.1, -0.05) is 19.1 Å². The molecule has 3 rings (SSSR count). The van der Waals surface area contributed by atoms with Crippen LogP contribution in [0.2, 0.25) is 0 Å². The number of aromatic nitrogens is 1. The lowest BCUT2D eigenvalue weighted by molar-refractivity contribution is 0.192. The summed E-state index contributed by atoms with van der Waals surface area (Å²) in [5, 5.41) is 1.55. The molecule has 22 heavy (non-hydrogen) atoms. The molecule has 0 radical (unpaired) electrons. The molecule has 0 aliphatic carbocycles. The molecule has 2 aromatic rings. The Balaban J connectivity index is 2.12. The van der Waals surface area contributed by atoms with Crippen LogP contribution < -0.4 is 5.73 Å². The van der Waals surface area contributed by atoms with Crippen molar-refractivity contribution in [1.29, 1.82) is 0 Å². The zero-order chi connectivity index (χ0) is 15.7. The molecule has 1 fully saturated rings. The van der Waals surface area contributed by atoms with E-state index < -0.39 is 10.0 Å². The first-order valence-electron chi connectivity index (χ1n) is 7.60. The summed E-state index contributed by atoms with van der Waals surface area (Å²) in [6.07, 6.45) is 5.21. The summed E-state index contributed by atoms with van der Waals surface area (Å²) < 4.78 is 27.9. The summed E-state index contributed by atoms with van der Waals surface area (Å²) in [7, 11) is -3.56. The Kier molecular flexibility index (Phi) is 4.16. The normalized spacial score (nSPS) is 23.7.